The van der Waals surface area contributed by atoms with Gasteiger partial charge in [0.1, 0.15) is 11.9 Å². The van der Waals surface area contributed by atoms with Crippen molar-refractivity contribution in [3.05, 3.63) is 100 Å². The number of hydrogen-bond acceptors (Lipinski definition) is 4. The fraction of sp³-hybridized carbons (Fsp3) is 0.172. The minimum absolute atomic E-state index is 0.403. The molecule has 1 aromatic heterocycles. The Hall–Kier alpha value is -3.68. The maximum atomic E-state index is 13.6. The first kappa shape index (κ1) is 25.0. The van der Waals surface area contributed by atoms with Crippen LogP contribution in [0.15, 0.2) is 78.9 Å². The molecule has 1 aliphatic rings. The van der Waals surface area contributed by atoms with Gasteiger partial charge in [0.15, 0.2) is 0 Å². The number of nitrogens with one attached hydrogen (secondary N) is 1. The Morgan fingerprint density at radius 1 is 1.03 bits per heavy atom. The van der Waals surface area contributed by atoms with E-state index in [1.165, 1.54) is 23.5 Å². The van der Waals surface area contributed by atoms with Crippen molar-refractivity contribution in [3.63, 3.8) is 0 Å². The molecule has 0 bridgehead atoms. The van der Waals surface area contributed by atoms with Gasteiger partial charge in [-0.3, -0.25) is 10.1 Å². The normalized spacial score (nSPS) is 14.6. The zero-order chi connectivity index (χ0) is 26.2. The lowest BCUT2D eigenvalue weighted by Gasteiger charge is -2.16. The van der Waals surface area contributed by atoms with Crippen LogP contribution in [0.2, 0.25) is 4.34 Å². The standard InChI is InChI=1S/C29H23ClFNO4S/c1-17(19-5-4-6-21(31)15-19)36-28(35)32-24-16-25(30)37-26(24)23-8-3-2-7-22(23)18-9-11-20(12-10-18)29(13-14-29)27(33)34/h2-12,15-17H,13-14H2,1H3,(H,32,35)(H,33,34). The quantitative estimate of drug-likeness (QED) is 0.249. The summed E-state index contributed by atoms with van der Waals surface area (Å²) < 4.78 is 19.5. The third kappa shape index (κ3) is 5.10. The molecular weight excluding hydrogens is 513 g/mol. The summed E-state index contributed by atoms with van der Waals surface area (Å²) in [5.74, 6) is -1.19. The topological polar surface area (TPSA) is 75.6 Å². The van der Waals surface area contributed by atoms with E-state index in [1.807, 2.05) is 48.5 Å². The molecule has 0 saturated heterocycles. The lowest BCUT2D eigenvalue weighted by molar-refractivity contribution is -0.140. The van der Waals surface area contributed by atoms with Gasteiger partial charge in [0, 0.05) is 5.56 Å². The number of amides is 1. The molecule has 188 valence electrons. The number of aliphatic carboxylic acids is 1. The van der Waals surface area contributed by atoms with Gasteiger partial charge in [-0.05, 0) is 60.2 Å². The van der Waals surface area contributed by atoms with Crippen LogP contribution in [0.3, 0.4) is 0 Å². The smallest absolute Gasteiger partial charge is 0.412 e. The average molecular weight is 536 g/mol. The number of carboxylic acids is 1. The van der Waals surface area contributed by atoms with Crippen LogP contribution in [0.25, 0.3) is 21.6 Å². The second-order valence-corrected chi connectivity index (χ2v) is 10.7. The third-order valence-electron chi connectivity index (χ3n) is 6.62. The monoisotopic (exact) mass is 535 g/mol. The maximum absolute atomic E-state index is 13.6. The first-order valence-electron chi connectivity index (χ1n) is 11.7. The highest BCUT2D eigenvalue weighted by molar-refractivity contribution is 7.20. The number of halogens is 2. The van der Waals surface area contributed by atoms with Crippen molar-refractivity contribution < 1.29 is 23.8 Å². The SMILES string of the molecule is CC(OC(=O)Nc1cc(Cl)sc1-c1ccccc1-c1ccc(C2(C(=O)O)CC2)cc1)c1cccc(F)c1. The van der Waals surface area contributed by atoms with Gasteiger partial charge in [-0.2, -0.15) is 0 Å². The molecular formula is C29H23ClFNO4S. The Balaban J connectivity index is 1.40. The van der Waals surface area contributed by atoms with Gasteiger partial charge in [0.25, 0.3) is 0 Å². The zero-order valence-electron chi connectivity index (χ0n) is 19.8. The van der Waals surface area contributed by atoms with Crippen molar-refractivity contribution in [2.75, 3.05) is 5.32 Å². The number of carboxylic acid groups (broad SMARTS) is 1. The van der Waals surface area contributed by atoms with Crippen molar-refractivity contribution in [1.29, 1.82) is 0 Å². The summed E-state index contributed by atoms with van der Waals surface area (Å²) in [4.78, 5) is 25.2. The fourth-order valence-corrected chi connectivity index (χ4v) is 5.65. The van der Waals surface area contributed by atoms with Crippen LogP contribution in [0.4, 0.5) is 14.9 Å². The minimum Gasteiger partial charge on any atom is -0.481 e. The Labute approximate surface area is 222 Å². The van der Waals surface area contributed by atoms with E-state index in [1.54, 1.807) is 25.1 Å². The zero-order valence-corrected chi connectivity index (χ0v) is 21.4. The van der Waals surface area contributed by atoms with Gasteiger partial charge < -0.3 is 9.84 Å². The number of hydrogen-bond donors (Lipinski definition) is 2. The molecule has 5 rings (SSSR count). The summed E-state index contributed by atoms with van der Waals surface area (Å²) in [7, 11) is 0. The molecule has 3 aromatic carbocycles. The molecule has 5 nitrogen and oxygen atoms in total. The lowest BCUT2D eigenvalue weighted by atomic mass is 9.92. The van der Waals surface area contributed by atoms with E-state index in [-0.39, 0.29) is 0 Å². The molecule has 1 atom stereocenters. The van der Waals surface area contributed by atoms with Crippen LogP contribution >= 0.6 is 22.9 Å². The molecule has 1 amide bonds. The first-order valence-corrected chi connectivity index (χ1v) is 12.9. The Morgan fingerprint density at radius 2 is 1.73 bits per heavy atom. The van der Waals surface area contributed by atoms with Crippen molar-refractivity contribution in [2.45, 2.75) is 31.3 Å². The molecule has 0 spiro atoms. The Bertz CT molecular complexity index is 1480. The van der Waals surface area contributed by atoms with E-state index >= 15 is 0 Å². The van der Waals surface area contributed by atoms with Gasteiger partial charge in [-0.25, -0.2) is 9.18 Å². The van der Waals surface area contributed by atoms with Crippen molar-refractivity contribution in [2.24, 2.45) is 0 Å². The van der Waals surface area contributed by atoms with Gasteiger partial charge >= 0.3 is 12.1 Å². The maximum Gasteiger partial charge on any atom is 0.412 e. The van der Waals surface area contributed by atoms with Gasteiger partial charge in [0.2, 0.25) is 0 Å². The second-order valence-electron chi connectivity index (χ2n) is 9.03. The number of rotatable bonds is 7. The molecule has 0 radical (unpaired) electrons. The highest BCUT2D eigenvalue weighted by Gasteiger charge is 2.51. The van der Waals surface area contributed by atoms with E-state index in [0.29, 0.717) is 28.4 Å². The molecule has 1 unspecified atom stereocenters. The van der Waals surface area contributed by atoms with E-state index in [0.717, 1.165) is 27.1 Å². The fourth-order valence-electron chi connectivity index (χ4n) is 4.43. The van der Waals surface area contributed by atoms with Crippen LogP contribution in [-0.2, 0) is 14.9 Å². The van der Waals surface area contributed by atoms with E-state index in [2.05, 4.69) is 5.32 Å². The molecule has 0 aliphatic heterocycles. The number of benzene rings is 3. The summed E-state index contributed by atoms with van der Waals surface area (Å²) in [6.45, 7) is 1.67. The average Bonchev–Trinajstić information content (AvgIpc) is 3.62. The second kappa shape index (κ2) is 10.00. The predicted molar refractivity (Wildman–Crippen MR) is 144 cm³/mol. The lowest BCUT2D eigenvalue weighted by Crippen LogP contribution is -2.19. The summed E-state index contributed by atoms with van der Waals surface area (Å²) >= 11 is 7.68. The van der Waals surface area contributed by atoms with Gasteiger partial charge in [-0.1, -0.05) is 72.3 Å². The highest BCUT2D eigenvalue weighted by Crippen LogP contribution is 2.49. The molecule has 37 heavy (non-hydrogen) atoms. The summed E-state index contributed by atoms with van der Waals surface area (Å²) in [6.07, 6.45) is -0.0403. The number of thiophene rings is 1. The van der Waals surface area contributed by atoms with Crippen molar-refractivity contribution in [1.82, 2.24) is 0 Å². The molecule has 4 aromatic rings. The number of carbonyl (C=O) groups excluding carboxylic acids is 1. The molecule has 1 fully saturated rings. The molecule has 2 N–H and O–H groups in total. The van der Waals surface area contributed by atoms with Gasteiger partial charge in [-0.15, -0.1) is 11.3 Å². The van der Waals surface area contributed by atoms with Crippen molar-refractivity contribution in [3.8, 4) is 21.6 Å². The number of anilines is 1. The van der Waals surface area contributed by atoms with Crippen molar-refractivity contribution >= 4 is 40.7 Å². The molecule has 1 saturated carbocycles. The van der Waals surface area contributed by atoms with Crippen LogP contribution < -0.4 is 5.32 Å². The summed E-state index contributed by atoms with van der Waals surface area (Å²) in [6, 6.07) is 22.9. The predicted octanol–water partition coefficient (Wildman–Crippen LogP) is 8.30. The van der Waals surface area contributed by atoms with Gasteiger partial charge in [0.05, 0.1) is 20.3 Å². The van der Waals surface area contributed by atoms with E-state index in [4.69, 9.17) is 16.3 Å². The largest absolute Gasteiger partial charge is 0.481 e. The van der Waals surface area contributed by atoms with Crippen LogP contribution in [-0.4, -0.2) is 17.2 Å². The van der Waals surface area contributed by atoms with Crippen LogP contribution in [0, 0.1) is 5.82 Å². The Morgan fingerprint density at radius 3 is 2.38 bits per heavy atom. The molecule has 8 heteroatoms. The molecule has 1 aliphatic carbocycles. The van der Waals surface area contributed by atoms with Crippen LogP contribution in [0.5, 0.6) is 0 Å². The van der Waals surface area contributed by atoms with E-state index < -0.39 is 29.4 Å². The van der Waals surface area contributed by atoms with E-state index in [9.17, 15) is 19.1 Å². The minimum atomic E-state index is -0.789. The third-order valence-corrected chi connectivity index (χ3v) is 7.92. The first-order chi connectivity index (χ1) is 17.8. The summed E-state index contributed by atoms with van der Waals surface area (Å²) in [5.41, 5.74) is 3.77. The summed E-state index contributed by atoms with van der Waals surface area (Å²) in [5, 5.41) is 12.4. The molecule has 1 heterocycles. The Kier molecular flexibility index (Phi) is 6.75. The highest BCUT2D eigenvalue weighted by atomic mass is 35.5. The number of ether oxygens (including phenoxy) is 1. The van der Waals surface area contributed by atoms with Crippen LogP contribution in [0.1, 0.15) is 37.0 Å². The number of carbonyl (C=O) groups is 2.